The van der Waals surface area contributed by atoms with Crippen LogP contribution in [0.15, 0.2) is 48.5 Å². The second-order valence-electron chi connectivity index (χ2n) is 8.43. The van der Waals surface area contributed by atoms with E-state index in [2.05, 4.69) is 38.2 Å². The van der Waals surface area contributed by atoms with Crippen LogP contribution < -0.4 is 5.32 Å². The largest absolute Gasteiger partial charge is 0.354 e. The van der Waals surface area contributed by atoms with Crippen molar-refractivity contribution in [2.45, 2.75) is 59.4 Å². The number of hydrogen-bond donors (Lipinski definition) is 1. The average Bonchev–Trinajstić information content (AvgIpc) is 2.74. The molecule has 0 saturated carbocycles. The van der Waals surface area contributed by atoms with E-state index in [0.717, 1.165) is 16.9 Å². The highest BCUT2D eigenvalue weighted by molar-refractivity contribution is 7.99. The summed E-state index contributed by atoms with van der Waals surface area (Å²) in [7, 11) is 0. The van der Waals surface area contributed by atoms with Crippen LogP contribution in [0.5, 0.6) is 0 Å². The van der Waals surface area contributed by atoms with E-state index in [9.17, 15) is 9.59 Å². The van der Waals surface area contributed by atoms with Crippen molar-refractivity contribution in [1.82, 2.24) is 10.2 Å². The van der Waals surface area contributed by atoms with Crippen molar-refractivity contribution in [2.75, 3.05) is 12.3 Å². The third-order valence-corrected chi connectivity index (χ3v) is 6.38. The zero-order valence-electron chi connectivity index (χ0n) is 19.5. The molecule has 2 aromatic rings. The maximum atomic E-state index is 13.3. The summed E-state index contributed by atoms with van der Waals surface area (Å²) in [6.45, 7) is 11.3. The van der Waals surface area contributed by atoms with E-state index < -0.39 is 6.04 Å². The minimum atomic E-state index is -0.468. The zero-order chi connectivity index (χ0) is 22.8. The molecule has 0 aromatic heterocycles. The molecular formula is C26H36N2O2S. The number of carbonyl (C=O) groups excluding carboxylic acids is 2. The van der Waals surface area contributed by atoms with Crippen LogP contribution in [-0.4, -0.2) is 35.1 Å². The maximum absolute atomic E-state index is 13.3. The molecule has 2 amide bonds. The molecule has 0 radical (unpaired) electrons. The first-order chi connectivity index (χ1) is 14.8. The Hall–Kier alpha value is -2.27. The van der Waals surface area contributed by atoms with Gasteiger partial charge in [-0.2, -0.15) is 0 Å². The Bertz CT molecular complexity index is 866. The minimum Gasteiger partial charge on any atom is -0.354 e. The number of carbonyl (C=O) groups is 2. The second kappa shape index (κ2) is 12.6. The molecule has 0 heterocycles. The van der Waals surface area contributed by atoms with Gasteiger partial charge in [0.25, 0.3) is 0 Å². The molecule has 0 aliphatic carbocycles. The fraction of sp³-hybridized carbons (Fsp3) is 0.462. The molecule has 168 valence electrons. The van der Waals surface area contributed by atoms with E-state index in [0.29, 0.717) is 31.2 Å². The van der Waals surface area contributed by atoms with Gasteiger partial charge in [-0.25, -0.2) is 0 Å². The maximum Gasteiger partial charge on any atom is 0.242 e. The van der Waals surface area contributed by atoms with E-state index in [-0.39, 0.29) is 11.8 Å². The van der Waals surface area contributed by atoms with Crippen LogP contribution in [0.2, 0.25) is 0 Å². The lowest BCUT2D eigenvalue weighted by Crippen LogP contribution is -2.50. The summed E-state index contributed by atoms with van der Waals surface area (Å²) in [5.74, 6) is 1.45. The lowest BCUT2D eigenvalue weighted by molar-refractivity contribution is -0.139. The van der Waals surface area contributed by atoms with Gasteiger partial charge in [-0.15, -0.1) is 11.8 Å². The van der Waals surface area contributed by atoms with Crippen molar-refractivity contribution in [2.24, 2.45) is 5.92 Å². The molecule has 0 aliphatic heterocycles. The van der Waals surface area contributed by atoms with Crippen molar-refractivity contribution in [1.29, 1.82) is 0 Å². The van der Waals surface area contributed by atoms with E-state index >= 15 is 0 Å². The van der Waals surface area contributed by atoms with Gasteiger partial charge in [0.2, 0.25) is 11.8 Å². The Balaban J connectivity index is 2.14. The highest BCUT2D eigenvalue weighted by Gasteiger charge is 2.28. The van der Waals surface area contributed by atoms with Crippen LogP contribution in [0.3, 0.4) is 0 Å². The molecule has 2 aromatic carbocycles. The molecule has 0 spiro atoms. The molecule has 0 unspecified atom stereocenters. The number of aryl methyl sites for hydroxylation is 2. The number of amides is 2. The van der Waals surface area contributed by atoms with Crippen molar-refractivity contribution < 1.29 is 9.59 Å². The summed E-state index contributed by atoms with van der Waals surface area (Å²) in [5.41, 5.74) is 4.69. The highest BCUT2D eigenvalue weighted by Crippen LogP contribution is 2.20. The second-order valence-corrected chi connectivity index (χ2v) is 9.42. The lowest BCUT2D eigenvalue weighted by atomic mass is 10.1. The predicted molar refractivity (Wildman–Crippen MR) is 131 cm³/mol. The van der Waals surface area contributed by atoms with Gasteiger partial charge >= 0.3 is 0 Å². The van der Waals surface area contributed by atoms with E-state index in [1.807, 2.05) is 50.2 Å². The first kappa shape index (κ1) is 25.0. The van der Waals surface area contributed by atoms with E-state index in [1.165, 1.54) is 11.1 Å². The Morgan fingerprint density at radius 1 is 0.968 bits per heavy atom. The Morgan fingerprint density at radius 3 is 2.10 bits per heavy atom. The molecule has 0 saturated heterocycles. The third kappa shape index (κ3) is 7.73. The standard InChI is InChI=1S/C26H36N2O2S/c1-6-24(26(30)27-15-19(2)3)28(16-22-13-9-7-11-20(22)4)25(29)18-31-17-23-14-10-8-12-21(23)5/h7-14,19,24H,6,15-18H2,1-5H3,(H,27,30)/t24-/m0/s1. The van der Waals surface area contributed by atoms with Crippen LogP contribution in [0.1, 0.15) is 49.4 Å². The van der Waals surface area contributed by atoms with Gasteiger partial charge < -0.3 is 10.2 Å². The lowest BCUT2D eigenvalue weighted by Gasteiger charge is -2.31. The number of nitrogens with one attached hydrogen (secondary N) is 1. The van der Waals surface area contributed by atoms with Crippen LogP contribution in [-0.2, 0) is 21.9 Å². The minimum absolute atomic E-state index is 0.00776. The van der Waals surface area contributed by atoms with Gasteiger partial charge in [-0.3, -0.25) is 9.59 Å². The van der Waals surface area contributed by atoms with Crippen molar-refractivity contribution in [3.8, 4) is 0 Å². The Morgan fingerprint density at radius 2 is 1.55 bits per heavy atom. The van der Waals surface area contributed by atoms with Crippen LogP contribution in [0.25, 0.3) is 0 Å². The van der Waals surface area contributed by atoms with Crippen molar-refractivity contribution in [3.63, 3.8) is 0 Å². The molecule has 0 aliphatic rings. The van der Waals surface area contributed by atoms with Gasteiger partial charge in [-0.05, 0) is 48.4 Å². The van der Waals surface area contributed by atoms with Gasteiger partial charge in [-0.1, -0.05) is 69.3 Å². The first-order valence-corrected chi connectivity index (χ1v) is 12.2. The van der Waals surface area contributed by atoms with Gasteiger partial charge in [0.1, 0.15) is 6.04 Å². The summed E-state index contributed by atoms with van der Waals surface area (Å²) in [6, 6.07) is 15.8. The summed E-state index contributed by atoms with van der Waals surface area (Å²) in [4.78, 5) is 28.0. The van der Waals surface area contributed by atoms with Crippen molar-refractivity contribution in [3.05, 3.63) is 70.8 Å². The van der Waals surface area contributed by atoms with Crippen molar-refractivity contribution >= 4 is 23.6 Å². The van der Waals surface area contributed by atoms with Gasteiger partial charge in [0.15, 0.2) is 0 Å². The van der Waals surface area contributed by atoms with E-state index in [4.69, 9.17) is 0 Å². The number of benzene rings is 2. The third-order valence-electron chi connectivity index (χ3n) is 5.42. The quantitative estimate of drug-likeness (QED) is 0.528. The molecule has 4 nitrogen and oxygen atoms in total. The van der Waals surface area contributed by atoms with Crippen LogP contribution in [0, 0.1) is 19.8 Å². The van der Waals surface area contributed by atoms with Crippen LogP contribution in [0.4, 0.5) is 0 Å². The fourth-order valence-electron chi connectivity index (χ4n) is 3.42. The number of rotatable bonds is 11. The predicted octanol–water partition coefficient (Wildman–Crippen LogP) is 5.12. The topological polar surface area (TPSA) is 49.4 Å². The first-order valence-electron chi connectivity index (χ1n) is 11.1. The Kier molecular flexibility index (Phi) is 10.1. The fourth-order valence-corrected chi connectivity index (χ4v) is 4.40. The normalized spacial score (nSPS) is 11.9. The smallest absolute Gasteiger partial charge is 0.242 e. The number of hydrogen-bond acceptors (Lipinski definition) is 3. The monoisotopic (exact) mass is 440 g/mol. The summed E-state index contributed by atoms with van der Waals surface area (Å²) in [5, 5.41) is 3.02. The van der Waals surface area contributed by atoms with Gasteiger partial charge in [0.05, 0.1) is 5.75 Å². The highest BCUT2D eigenvalue weighted by atomic mass is 32.2. The molecule has 0 bridgehead atoms. The molecule has 2 rings (SSSR count). The average molecular weight is 441 g/mol. The number of thioether (sulfide) groups is 1. The molecule has 31 heavy (non-hydrogen) atoms. The molecule has 0 fully saturated rings. The number of nitrogens with zero attached hydrogens (tertiary/aromatic N) is 1. The summed E-state index contributed by atoms with van der Waals surface area (Å²) in [6.07, 6.45) is 0.587. The molecular weight excluding hydrogens is 404 g/mol. The molecule has 5 heteroatoms. The SMILES string of the molecule is CC[C@@H](C(=O)NCC(C)C)N(Cc1ccccc1C)C(=O)CSCc1ccccc1C. The molecule has 1 N–H and O–H groups in total. The summed E-state index contributed by atoms with van der Waals surface area (Å²) >= 11 is 1.61. The van der Waals surface area contributed by atoms with Gasteiger partial charge in [0, 0.05) is 18.8 Å². The van der Waals surface area contributed by atoms with Crippen LogP contribution >= 0.6 is 11.8 Å². The zero-order valence-corrected chi connectivity index (χ0v) is 20.3. The Labute approximate surface area is 191 Å². The molecule has 1 atom stereocenters. The summed E-state index contributed by atoms with van der Waals surface area (Å²) < 4.78 is 0. The van der Waals surface area contributed by atoms with E-state index in [1.54, 1.807) is 16.7 Å².